The van der Waals surface area contributed by atoms with Crippen LogP contribution in [0.15, 0.2) is 42.6 Å². The molecule has 0 saturated carbocycles. The predicted molar refractivity (Wildman–Crippen MR) is 153 cm³/mol. The summed E-state index contributed by atoms with van der Waals surface area (Å²) in [5.74, 6) is -2.24. The van der Waals surface area contributed by atoms with Crippen molar-refractivity contribution >= 4 is 35.3 Å². The van der Waals surface area contributed by atoms with Crippen LogP contribution in [0.25, 0.3) is 11.3 Å². The Labute approximate surface area is 249 Å². The molecule has 2 bridgehead atoms. The molecule has 2 aliphatic rings. The number of alkyl halides is 3. The van der Waals surface area contributed by atoms with Gasteiger partial charge in [0.1, 0.15) is 5.82 Å². The molecule has 0 saturated heterocycles. The molecule has 0 radical (unpaired) electrons. The summed E-state index contributed by atoms with van der Waals surface area (Å²) in [6.45, 7) is 1.04. The van der Waals surface area contributed by atoms with Gasteiger partial charge in [-0.3, -0.25) is 14.9 Å². The minimum absolute atomic E-state index is 0.0198. The third kappa shape index (κ3) is 7.72. The zero-order valence-electron chi connectivity index (χ0n) is 23.4. The summed E-state index contributed by atoms with van der Waals surface area (Å²) in [6, 6.07) is 10.5. The van der Waals surface area contributed by atoms with Gasteiger partial charge in [0.2, 0.25) is 5.91 Å². The topological polar surface area (TPSA) is 191 Å². The Morgan fingerprint density at radius 3 is 2.45 bits per heavy atom. The summed E-state index contributed by atoms with van der Waals surface area (Å²) in [4.78, 5) is 56.5. The molecule has 15 heteroatoms. The van der Waals surface area contributed by atoms with Crippen molar-refractivity contribution in [1.82, 2.24) is 14.9 Å². The molecule has 2 aliphatic heterocycles. The number of imidazole rings is 1. The number of nitrogens with two attached hydrogens (primary N) is 1. The van der Waals surface area contributed by atoms with Gasteiger partial charge < -0.3 is 31.1 Å². The van der Waals surface area contributed by atoms with Crippen molar-refractivity contribution < 1.29 is 42.6 Å². The van der Waals surface area contributed by atoms with E-state index in [4.69, 9.17) is 25.7 Å². The third-order valence-electron chi connectivity index (χ3n) is 7.23. The van der Waals surface area contributed by atoms with Crippen LogP contribution in [0.3, 0.4) is 0 Å². The van der Waals surface area contributed by atoms with E-state index in [-0.39, 0.29) is 17.9 Å². The molecule has 0 unspecified atom stereocenters. The van der Waals surface area contributed by atoms with Gasteiger partial charge in [0, 0.05) is 42.5 Å². The van der Waals surface area contributed by atoms with Gasteiger partial charge in [0.15, 0.2) is 0 Å². The molecule has 234 valence electrons. The molecule has 1 atom stereocenters. The van der Waals surface area contributed by atoms with Gasteiger partial charge in [0.25, 0.3) is 5.91 Å². The first-order chi connectivity index (χ1) is 20.9. The second-order valence-corrected chi connectivity index (χ2v) is 10.3. The number of aromatic amines is 1. The normalized spacial score (nSPS) is 16.9. The number of carboxylic acid groups (broad SMARTS) is 2. The number of aliphatic carboxylic acids is 1. The van der Waals surface area contributed by atoms with Crippen LogP contribution < -0.4 is 16.4 Å². The quantitative estimate of drug-likeness (QED) is 0.239. The molecule has 2 aromatic carbocycles. The summed E-state index contributed by atoms with van der Waals surface area (Å²) in [5.41, 5.74) is 10.6. The molecule has 44 heavy (non-hydrogen) atoms. The lowest BCUT2D eigenvalue weighted by molar-refractivity contribution is -0.192. The summed E-state index contributed by atoms with van der Waals surface area (Å²) in [7, 11) is 0. The maximum atomic E-state index is 13.7. The number of carbonyl (C=O) groups is 4. The van der Waals surface area contributed by atoms with E-state index in [1.807, 2.05) is 23.1 Å². The van der Waals surface area contributed by atoms with E-state index >= 15 is 0 Å². The van der Waals surface area contributed by atoms with Gasteiger partial charge in [-0.1, -0.05) is 18.6 Å². The maximum Gasteiger partial charge on any atom is 0.490 e. The SMILES string of the molecule is NCc1ccc2c(c1)CCCN([C@H]1CCCCC(=O)Nc3cc(NC(=O)O)ccc3-c3c[nH]c1n3)C2=O.O=C(O)C(F)(F)F. The molecular formula is C29H31F3N6O6. The second kappa shape index (κ2) is 13.6. The van der Waals surface area contributed by atoms with Gasteiger partial charge in [-0.15, -0.1) is 0 Å². The highest BCUT2D eigenvalue weighted by molar-refractivity contribution is 5.97. The number of H-pyrrole nitrogens is 1. The summed E-state index contributed by atoms with van der Waals surface area (Å²) in [5, 5.41) is 21.4. The molecule has 0 spiro atoms. The Hall–Kier alpha value is -4.92. The number of carbonyl (C=O) groups excluding carboxylic acids is 2. The van der Waals surface area contributed by atoms with Crippen molar-refractivity contribution in [2.24, 2.45) is 5.73 Å². The van der Waals surface area contributed by atoms with Crippen molar-refractivity contribution in [2.45, 2.75) is 57.3 Å². The lowest BCUT2D eigenvalue weighted by Crippen LogP contribution is -2.35. The first-order valence-corrected chi connectivity index (χ1v) is 13.8. The number of aromatic nitrogens is 2. The summed E-state index contributed by atoms with van der Waals surface area (Å²) >= 11 is 0. The van der Waals surface area contributed by atoms with E-state index in [0.717, 1.165) is 30.4 Å². The van der Waals surface area contributed by atoms with Gasteiger partial charge >= 0.3 is 18.2 Å². The molecule has 1 aromatic heterocycles. The number of nitrogens with zero attached hydrogens (tertiary/aromatic N) is 2. The van der Waals surface area contributed by atoms with Crippen LogP contribution in [0, 0.1) is 0 Å². The van der Waals surface area contributed by atoms with E-state index < -0.39 is 18.2 Å². The number of halogens is 3. The fourth-order valence-corrected chi connectivity index (χ4v) is 5.18. The number of benzene rings is 2. The molecule has 3 aromatic rings. The Kier molecular flexibility index (Phi) is 9.88. The van der Waals surface area contributed by atoms with E-state index in [1.165, 1.54) is 0 Å². The molecule has 12 nitrogen and oxygen atoms in total. The number of hydrogen-bond donors (Lipinski definition) is 6. The van der Waals surface area contributed by atoms with Crippen LogP contribution in [0.1, 0.15) is 65.5 Å². The van der Waals surface area contributed by atoms with Crippen LogP contribution in [-0.4, -0.2) is 61.7 Å². The second-order valence-electron chi connectivity index (χ2n) is 10.3. The number of hydrogen-bond acceptors (Lipinski definition) is 6. The van der Waals surface area contributed by atoms with Crippen LogP contribution in [0.2, 0.25) is 0 Å². The van der Waals surface area contributed by atoms with Crippen molar-refractivity contribution in [3.63, 3.8) is 0 Å². The van der Waals surface area contributed by atoms with Crippen LogP contribution in [-0.2, 0) is 22.6 Å². The number of nitrogens with one attached hydrogen (secondary N) is 3. The highest BCUT2D eigenvalue weighted by atomic mass is 19.4. The third-order valence-corrected chi connectivity index (χ3v) is 7.23. The number of rotatable bonds is 3. The van der Waals surface area contributed by atoms with Crippen molar-refractivity contribution in [3.05, 3.63) is 65.1 Å². The zero-order valence-corrected chi connectivity index (χ0v) is 23.4. The first-order valence-electron chi connectivity index (χ1n) is 13.8. The highest BCUT2D eigenvalue weighted by Gasteiger charge is 2.38. The minimum Gasteiger partial charge on any atom is -0.475 e. The average Bonchev–Trinajstić information content (AvgIpc) is 3.38. The van der Waals surface area contributed by atoms with Gasteiger partial charge in [-0.25, -0.2) is 14.6 Å². The lowest BCUT2D eigenvalue weighted by atomic mass is 10.00. The van der Waals surface area contributed by atoms with Gasteiger partial charge in [-0.05, 0) is 61.1 Å². The van der Waals surface area contributed by atoms with E-state index in [2.05, 4.69) is 15.6 Å². The average molecular weight is 617 g/mol. The fraction of sp³-hybridized carbons (Fsp3) is 0.345. The molecule has 0 aliphatic carbocycles. The Morgan fingerprint density at radius 1 is 1.05 bits per heavy atom. The van der Waals surface area contributed by atoms with E-state index in [9.17, 15) is 27.6 Å². The van der Waals surface area contributed by atoms with Crippen LogP contribution in [0.5, 0.6) is 0 Å². The smallest absolute Gasteiger partial charge is 0.475 e. The summed E-state index contributed by atoms with van der Waals surface area (Å²) in [6.07, 6.45) is -0.479. The van der Waals surface area contributed by atoms with Gasteiger partial charge in [-0.2, -0.15) is 13.2 Å². The number of fused-ring (bicyclic) bond motifs is 5. The number of aryl methyl sites for hydroxylation is 1. The molecule has 3 heterocycles. The van der Waals surface area contributed by atoms with Crippen molar-refractivity contribution in [2.75, 3.05) is 17.2 Å². The minimum atomic E-state index is -5.08. The first kappa shape index (κ1) is 32.0. The van der Waals surface area contributed by atoms with Crippen LogP contribution >= 0.6 is 0 Å². The predicted octanol–water partition coefficient (Wildman–Crippen LogP) is 4.90. The van der Waals surface area contributed by atoms with Crippen molar-refractivity contribution in [3.8, 4) is 11.3 Å². The van der Waals surface area contributed by atoms with Gasteiger partial charge in [0.05, 0.1) is 17.4 Å². The highest BCUT2D eigenvalue weighted by Crippen LogP contribution is 2.35. The zero-order chi connectivity index (χ0) is 32.0. The standard InChI is InChI=1S/C27H30N6O4.C2HF3O2/c28-14-16-7-9-19-17(12-16)4-3-11-33(26(19)35)23-5-1-2-6-24(34)31-21-13-18(30-27(36)37)8-10-20(21)22-15-29-25(23)32-22;3-2(4,5)1(6)7/h7-10,12-13,15,23,30H,1-6,11,14,28H2,(H,29,32)(H,31,34)(H,36,37);(H,6,7)/t23-;/m0./s1. The van der Waals surface area contributed by atoms with Crippen LogP contribution in [0.4, 0.5) is 29.3 Å². The number of carboxylic acids is 1. The number of anilines is 2. The molecule has 0 fully saturated rings. The maximum absolute atomic E-state index is 13.7. The fourth-order valence-electron chi connectivity index (χ4n) is 5.18. The monoisotopic (exact) mass is 616 g/mol. The Bertz CT molecular complexity index is 1560. The molecule has 7 N–H and O–H groups in total. The lowest BCUT2D eigenvalue weighted by Gasteiger charge is -2.30. The molecule has 3 amide bonds. The van der Waals surface area contributed by atoms with E-state index in [1.54, 1.807) is 24.4 Å². The Morgan fingerprint density at radius 2 is 1.77 bits per heavy atom. The molecule has 5 rings (SSSR count). The Balaban J connectivity index is 0.000000566. The largest absolute Gasteiger partial charge is 0.490 e. The summed E-state index contributed by atoms with van der Waals surface area (Å²) < 4.78 is 31.7. The van der Waals surface area contributed by atoms with Crippen molar-refractivity contribution in [1.29, 1.82) is 0 Å². The number of amides is 3. The molecular weight excluding hydrogens is 585 g/mol. The van der Waals surface area contributed by atoms with E-state index in [0.29, 0.717) is 66.4 Å².